The number of non-ortho nitro benzene ring substituents is 1. The Morgan fingerprint density at radius 2 is 1.86 bits per heavy atom. The number of hydrogen-bond donors (Lipinski definition) is 0. The molecule has 0 unspecified atom stereocenters. The molecule has 0 heterocycles. The van der Waals surface area contributed by atoms with E-state index in [1.807, 2.05) is 13.0 Å². The van der Waals surface area contributed by atoms with Crippen LogP contribution < -0.4 is 4.74 Å². The molecule has 22 heavy (non-hydrogen) atoms. The molecule has 0 bridgehead atoms. The highest BCUT2D eigenvalue weighted by Crippen LogP contribution is 2.21. The molecule has 0 aliphatic carbocycles. The molecule has 0 atom stereocenters. The highest BCUT2D eigenvalue weighted by molar-refractivity contribution is 5.95. The van der Waals surface area contributed by atoms with Crippen LogP contribution in [0, 0.1) is 10.1 Å². The zero-order chi connectivity index (χ0) is 16.1. The molecule has 2 aromatic carbocycles. The first-order chi connectivity index (χ1) is 10.5. The SMILES string of the molecule is CCc1cc(OCc2ccc([N+](=O)[O-])cc2)ccc1C(C)=O. The number of aryl methyl sites for hydroxylation is 1. The van der Waals surface area contributed by atoms with Crippen LogP contribution in [0.25, 0.3) is 0 Å². The Balaban J connectivity index is 2.08. The Labute approximate surface area is 128 Å². The van der Waals surface area contributed by atoms with Gasteiger partial charge in [0.1, 0.15) is 12.4 Å². The van der Waals surface area contributed by atoms with E-state index >= 15 is 0 Å². The maximum atomic E-state index is 11.5. The molecule has 114 valence electrons. The summed E-state index contributed by atoms with van der Waals surface area (Å²) in [5, 5.41) is 10.6. The second-order valence-corrected chi connectivity index (χ2v) is 4.94. The van der Waals surface area contributed by atoms with Crippen molar-refractivity contribution < 1.29 is 14.5 Å². The van der Waals surface area contributed by atoms with Crippen LogP contribution in [0.2, 0.25) is 0 Å². The molecule has 0 amide bonds. The summed E-state index contributed by atoms with van der Waals surface area (Å²) in [7, 11) is 0. The van der Waals surface area contributed by atoms with Crippen molar-refractivity contribution in [1.29, 1.82) is 0 Å². The predicted molar refractivity (Wildman–Crippen MR) is 83.3 cm³/mol. The van der Waals surface area contributed by atoms with Gasteiger partial charge in [0.15, 0.2) is 5.78 Å². The van der Waals surface area contributed by atoms with Gasteiger partial charge >= 0.3 is 0 Å². The van der Waals surface area contributed by atoms with E-state index in [0.29, 0.717) is 17.9 Å². The molecule has 0 spiro atoms. The molecule has 0 fully saturated rings. The van der Waals surface area contributed by atoms with Crippen LogP contribution in [-0.4, -0.2) is 10.7 Å². The predicted octanol–water partition coefficient (Wildman–Crippen LogP) is 3.94. The summed E-state index contributed by atoms with van der Waals surface area (Å²) in [6, 6.07) is 11.6. The van der Waals surface area contributed by atoms with Gasteiger partial charge in [-0.3, -0.25) is 14.9 Å². The number of Topliss-reactive ketones (excluding diaryl/α,β-unsaturated/α-hetero) is 1. The zero-order valence-corrected chi connectivity index (χ0v) is 12.5. The Morgan fingerprint density at radius 1 is 1.18 bits per heavy atom. The van der Waals surface area contributed by atoms with Gasteiger partial charge < -0.3 is 4.74 Å². The first-order valence-corrected chi connectivity index (χ1v) is 7.01. The number of ketones is 1. The van der Waals surface area contributed by atoms with Gasteiger partial charge in [-0.2, -0.15) is 0 Å². The van der Waals surface area contributed by atoms with Crippen LogP contribution in [0.1, 0.15) is 35.3 Å². The van der Waals surface area contributed by atoms with Crippen LogP contribution in [0.4, 0.5) is 5.69 Å². The number of hydrogen-bond acceptors (Lipinski definition) is 4. The third-order valence-corrected chi connectivity index (χ3v) is 3.39. The van der Waals surface area contributed by atoms with E-state index in [-0.39, 0.29) is 11.5 Å². The largest absolute Gasteiger partial charge is 0.489 e. The van der Waals surface area contributed by atoms with Crippen molar-refractivity contribution in [3.8, 4) is 5.75 Å². The van der Waals surface area contributed by atoms with Crippen LogP contribution >= 0.6 is 0 Å². The van der Waals surface area contributed by atoms with Gasteiger partial charge in [-0.15, -0.1) is 0 Å². The molecule has 0 radical (unpaired) electrons. The Kier molecular flexibility index (Phi) is 4.88. The van der Waals surface area contributed by atoms with Crippen LogP contribution in [0.15, 0.2) is 42.5 Å². The fourth-order valence-electron chi connectivity index (χ4n) is 2.18. The van der Waals surface area contributed by atoms with Crippen molar-refractivity contribution in [3.05, 3.63) is 69.3 Å². The molecular weight excluding hydrogens is 282 g/mol. The van der Waals surface area contributed by atoms with E-state index in [1.54, 1.807) is 31.2 Å². The number of benzene rings is 2. The van der Waals surface area contributed by atoms with Crippen molar-refractivity contribution in [2.45, 2.75) is 26.9 Å². The van der Waals surface area contributed by atoms with Gasteiger partial charge in [0.05, 0.1) is 4.92 Å². The summed E-state index contributed by atoms with van der Waals surface area (Å²) in [6.45, 7) is 3.86. The molecule has 0 aliphatic rings. The standard InChI is InChI=1S/C17H17NO4/c1-3-14-10-16(8-9-17(14)12(2)19)22-11-13-4-6-15(7-5-13)18(20)21/h4-10H,3,11H2,1-2H3. The first-order valence-electron chi connectivity index (χ1n) is 7.01. The van der Waals surface area contributed by atoms with Crippen molar-refractivity contribution in [2.75, 3.05) is 0 Å². The van der Waals surface area contributed by atoms with E-state index in [2.05, 4.69) is 0 Å². The van der Waals surface area contributed by atoms with E-state index in [0.717, 1.165) is 17.5 Å². The summed E-state index contributed by atoms with van der Waals surface area (Å²) >= 11 is 0. The quantitative estimate of drug-likeness (QED) is 0.460. The third kappa shape index (κ3) is 3.69. The highest BCUT2D eigenvalue weighted by atomic mass is 16.6. The summed E-state index contributed by atoms with van der Waals surface area (Å²) < 4.78 is 5.69. The summed E-state index contributed by atoms with van der Waals surface area (Å²) in [5.74, 6) is 0.721. The van der Waals surface area contributed by atoms with Gasteiger partial charge in [0.2, 0.25) is 0 Å². The molecule has 0 saturated carbocycles. The molecule has 0 aliphatic heterocycles. The molecule has 2 rings (SSSR count). The van der Waals surface area contributed by atoms with Gasteiger partial charge in [-0.1, -0.05) is 6.92 Å². The number of nitro benzene ring substituents is 1. The topological polar surface area (TPSA) is 69.4 Å². The monoisotopic (exact) mass is 299 g/mol. The van der Waals surface area contributed by atoms with Crippen LogP contribution in [0.3, 0.4) is 0 Å². The maximum Gasteiger partial charge on any atom is 0.269 e. The lowest BCUT2D eigenvalue weighted by molar-refractivity contribution is -0.384. The Bertz CT molecular complexity index is 692. The Morgan fingerprint density at radius 3 is 2.41 bits per heavy atom. The number of nitro groups is 1. The number of carbonyl (C=O) groups is 1. The molecule has 5 heteroatoms. The minimum absolute atomic E-state index is 0.0405. The average molecular weight is 299 g/mol. The molecule has 5 nitrogen and oxygen atoms in total. The third-order valence-electron chi connectivity index (χ3n) is 3.39. The molecule has 0 aromatic heterocycles. The number of rotatable bonds is 6. The number of nitrogens with zero attached hydrogens (tertiary/aromatic N) is 1. The van der Waals surface area contributed by atoms with Crippen molar-refractivity contribution in [3.63, 3.8) is 0 Å². The molecular formula is C17H17NO4. The van der Waals surface area contributed by atoms with E-state index in [4.69, 9.17) is 4.74 Å². The lowest BCUT2D eigenvalue weighted by Gasteiger charge is -2.10. The minimum Gasteiger partial charge on any atom is -0.489 e. The summed E-state index contributed by atoms with van der Waals surface area (Å²) in [4.78, 5) is 21.7. The van der Waals surface area contributed by atoms with Crippen molar-refractivity contribution >= 4 is 11.5 Å². The van der Waals surface area contributed by atoms with Crippen molar-refractivity contribution in [2.24, 2.45) is 0 Å². The summed E-state index contributed by atoms with van der Waals surface area (Å²) in [5.41, 5.74) is 2.57. The molecule has 0 saturated heterocycles. The van der Waals surface area contributed by atoms with Crippen LogP contribution in [-0.2, 0) is 13.0 Å². The second kappa shape index (κ2) is 6.85. The fraction of sp³-hybridized carbons (Fsp3) is 0.235. The Hall–Kier alpha value is -2.69. The second-order valence-electron chi connectivity index (χ2n) is 4.94. The van der Waals surface area contributed by atoms with Gasteiger partial charge in [0, 0.05) is 17.7 Å². The maximum absolute atomic E-state index is 11.5. The average Bonchev–Trinajstić information content (AvgIpc) is 2.52. The zero-order valence-electron chi connectivity index (χ0n) is 12.5. The highest BCUT2D eigenvalue weighted by Gasteiger charge is 2.08. The minimum atomic E-state index is -0.432. The van der Waals surface area contributed by atoms with E-state index in [9.17, 15) is 14.9 Å². The first kappa shape index (κ1) is 15.7. The lowest BCUT2D eigenvalue weighted by atomic mass is 10.0. The van der Waals surface area contributed by atoms with Gasteiger partial charge in [-0.05, 0) is 54.8 Å². The van der Waals surface area contributed by atoms with Gasteiger partial charge in [0.25, 0.3) is 5.69 Å². The van der Waals surface area contributed by atoms with Gasteiger partial charge in [-0.25, -0.2) is 0 Å². The van der Waals surface area contributed by atoms with E-state index < -0.39 is 4.92 Å². The van der Waals surface area contributed by atoms with Crippen LogP contribution in [0.5, 0.6) is 5.75 Å². The number of carbonyl (C=O) groups excluding carboxylic acids is 1. The molecule has 0 N–H and O–H groups in total. The van der Waals surface area contributed by atoms with Crippen molar-refractivity contribution in [1.82, 2.24) is 0 Å². The number of ether oxygens (including phenoxy) is 1. The normalized spacial score (nSPS) is 10.3. The van der Waals surface area contributed by atoms with E-state index in [1.165, 1.54) is 12.1 Å². The smallest absolute Gasteiger partial charge is 0.269 e. The fourth-order valence-corrected chi connectivity index (χ4v) is 2.18. The summed E-state index contributed by atoms with van der Waals surface area (Å²) in [6.07, 6.45) is 0.754. The molecule has 2 aromatic rings. The lowest BCUT2D eigenvalue weighted by Crippen LogP contribution is -2.01.